The van der Waals surface area contributed by atoms with Crippen molar-refractivity contribution in [2.45, 2.75) is 6.92 Å². The summed E-state index contributed by atoms with van der Waals surface area (Å²) in [7, 11) is 3.57. The molecule has 0 aromatic heterocycles. The second-order valence-electron chi connectivity index (χ2n) is 5.15. The smallest absolute Gasteiger partial charge is 0.227 e. The van der Waals surface area contributed by atoms with E-state index < -0.39 is 0 Å². The van der Waals surface area contributed by atoms with Gasteiger partial charge in [0.15, 0.2) is 0 Å². The third-order valence-electron chi connectivity index (χ3n) is 3.76. The Labute approximate surface area is 95.8 Å². The molecule has 1 N–H and O–H groups in total. The average molecular weight is 225 g/mol. The van der Waals surface area contributed by atoms with Gasteiger partial charge < -0.3 is 15.1 Å². The Kier molecular flexibility index (Phi) is 2.66. The number of nitrogens with one attached hydrogen (secondary N) is 1. The third kappa shape index (κ3) is 1.59. The summed E-state index contributed by atoms with van der Waals surface area (Å²) in [5, 5.41) is 3.27. The van der Waals surface area contributed by atoms with Crippen molar-refractivity contribution in [1.29, 1.82) is 0 Å². The zero-order valence-electron chi connectivity index (χ0n) is 10.1. The van der Waals surface area contributed by atoms with Crippen LogP contribution in [-0.4, -0.2) is 61.9 Å². The lowest BCUT2D eigenvalue weighted by atomic mass is 9.71. The number of hydrogen-bond acceptors (Lipinski definition) is 3. The van der Waals surface area contributed by atoms with Gasteiger partial charge in [0, 0.05) is 52.6 Å². The fraction of sp³-hybridized carbons (Fsp3) is 0.818. The van der Waals surface area contributed by atoms with Crippen molar-refractivity contribution in [3.8, 4) is 0 Å². The van der Waals surface area contributed by atoms with Crippen LogP contribution < -0.4 is 5.32 Å². The van der Waals surface area contributed by atoms with Crippen LogP contribution in [0.15, 0.2) is 0 Å². The lowest BCUT2D eigenvalue weighted by Gasteiger charge is -2.50. The normalized spacial score (nSPS) is 26.7. The number of amides is 2. The molecule has 0 aromatic rings. The van der Waals surface area contributed by atoms with Gasteiger partial charge in [-0.15, -0.1) is 0 Å². The van der Waals surface area contributed by atoms with Crippen LogP contribution >= 0.6 is 0 Å². The summed E-state index contributed by atoms with van der Waals surface area (Å²) in [5.74, 6) is 0.305. The molecule has 16 heavy (non-hydrogen) atoms. The van der Waals surface area contributed by atoms with Gasteiger partial charge in [0.1, 0.15) is 0 Å². The van der Waals surface area contributed by atoms with Crippen LogP contribution in [0.3, 0.4) is 0 Å². The maximum Gasteiger partial charge on any atom is 0.227 e. The molecule has 2 heterocycles. The lowest BCUT2D eigenvalue weighted by molar-refractivity contribution is -0.151. The highest BCUT2D eigenvalue weighted by molar-refractivity contribution is 5.81. The number of likely N-dealkylation sites (tertiary alicyclic amines) is 1. The molecule has 2 amide bonds. The summed E-state index contributed by atoms with van der Waals surface area (Å²) in [4.78, 5) is 26.7. The average Bonchev–Trinajstić information content (AvgIpc) is 2.57. The summed E-state index contributed by atoms with van der Waals surface area (Å²) in [6.45, 7) is 4.61. The van der Waals surface area contributed by atoms with Gasteiger partial charge in [-0.3, -0.25) is 9.59 Å². The van der Waals surface area contributed by atoms with Crippen LogP contribution in [-0.2, 0) is 9.59 Å². The van der Waals surface area contributed by atoms with E-state index in [1.54, 1.807) is 25.9 Å². The summed E-state index contributed by atoms with van der Waals surface area (Å²) in [6, 6.07) is 0. The maximum absolute atomic E-state index is 12.0. The highest BCUT2D eigenvalue weighted by Crippen LogP contribution is 2.41. The van der Waals surface area contributed by atoms with Crippen LogP contribution in [0.25, 0.3) is 0 Å². The van der Waals surface area contributed by atoms with Gasteiger partial charge in [0.2, 0.25) is 11.8 Å². The Morgan fingerprint density at radius 3 is 2.50 bits per heavy atom. The van der Waals surface area contributed by atoms with Crippen LogP contribution in [0.1, 0.15) is 6.92 Å². The van der Waals surface area contributed by atoms with E-state index in [0.29, 0.717) is 0 Å². The number of rotatable bonds is 1. The summed E-state index contributed by atoms with van der Waals surface area (Å²) < 4.78 is 0. The third-order valence-corrected chi connectivity index (χ3v) is 3.76. The molecule has 0 aliphatic carbocycles. The molecule has 90 valence electrons. The van der Waals surface area contributed by atoms with Crippen molar-refractivity contribution in [1.82, 2.24) is 15.1 Å². The van der Waals surface area contributed by atoms with E-state index in [9.17, 15) is 9.59 Å². The lowest BCUT2D eigenvalue weighted by Crippen LogP contribution is -2.63. The Morgan fingerprint density at radius 1 is 1.38 bits per heavy atom. The van der Waals surface area contributed by atoms with Crippen LogP contribution in [0.4, 0.5) is 0 Å². The fourth-order valence-electron chi connectivity index (χ4n) is 2.73. The molecule has 2 aliphatic heterocycles. The predicted molar refractivity (Wildman–Crippen MR) is 59.7 cm³/mol. The van der Waals surface area contributed by atoms with Crippen molar-refractivity contribution in [3.05, 3.63) is 0 Å². The van der Waals surface area contributed by atoms with Gasteiger partial charge in [-0.2, -0.15) is 0 Å². The van der Waals surface area contributed by atoms with Crippen LogP contribution in [0, 0.1) is 11.3 Å². The molecule has 2 aliphatic rings. The van der Waals surface area contributed by atoms with Gasteiger partial charge in [0.05, 0.1) is 5.92 Å². The molecule has 5 heteroatoms. The molecule has 0 saturated carbocycles. The van der Waals surface area contributed by atoms with Crippen molar-refractivity contribution >= 4 is 11.8 Å². The molecule has 1 atom stereocenters. The second-order valence-corrected chi connectivity index (χ2v) is 5.15. The Balaban J connectivity index is 2.06. The predicted octanol–water partition coefficient (Wildman–Crippen LogP) is -0.857. The molecular weight excluding hydrogens is 206 g/mol. The first-order valence-corrected chi connectivity index (χ1v) is 5.64. The molecular formula is C11H19N3O2. The Morgan fingerprint density at radius 2 is 2.00 bits per heavy atom. The van der Waals surface area contributed by atoms with Crippen LogP contribution in [0.2, 0.25) is 0 Å². The Bertz CT molecular complexity index is 321. The van der Waals surface area contributed by atoms with E-state index in [0.717, 1.165) is 26.2 Å². The van der Waals surface area contributed by atoms with Gasteiger partial charge >= 0.3 is 0 Å². The van der Waals surface area contributed by atoms with Gasteiger partial charge in [0.25, 0.3) is 0 Å². The first-order valence-electron chi connectivity index (χ1n) is 5.64. The standard InChI is InChI=1S/C11H19N3O2/c1-8(15)14-6-11(7-14)5-12-4-9(11)10(16)13(2)3/h9,12H,4-7H2,1-3H3. The number of hydrogen-bond donors (Lipinski definition) is 1. The number of nitrogens with zero attached hydrogens (tertiary/aromatic N) is 2. The summed E-state index contributed by atoms with van der Waals surface area (Å²) in [6.07, 6.45) is 0. The highest BCUT2D eigenvalue weighted by Gasteiger charge is 2.55. The molecule has 0 aromatic carbocycles. The van der Waals surface area contributed by atoms with E-state index in [-0.39, 0.29) is 23.1 Å². The number of carbonyl (C=O) groups excluding carboxylic acids is 2. The van der Waals surface area contributed by atoms with Gasteiger partial charge in [-0.05, 0) is 0 Å². The Hall–Kier alpha value is -1.10. The molecule has 1 spiro atoms. The van der Waals surface area contributed by atoms with Crippen molar-refractivity contribution in [2.75, 3.05) is 40.3 Å². The van der Waals surface area contributed by atoms with E-state index in [2.05, 4.69) is 5.32 Å². The summed E-state index contributed by atoms with van der Waals surface area (Å²) in [5.41, 5.74) is -0.00692. The molecule has 2 fully saturated rings. The summed E-state index contributed by atoms with van der Waals surface area (Å²) >= 11 is 0. The molecule has 2 rings (SSSR count). The van der Waals surface area contributed by atoms with E-state index in [1.165, 1.54) is 0 Å². The second kappa shape index (κ2) is 3.73. The number of carbonyl (C=O) groups is 2. The largest absolute Gasteiger partial charge is 0.349 e. The van der Waals surface area contributed by atoms with Crippen molar-refractivity contribution < 1.29 is 9.59 Å². The molecule has 5 nitrogen and oxygen atoms in total. The molecule has 0 radical (unpaired) electrons. The first-order chi connectivity index (χ1) is 7.46. The van der Waals surface area contributed by atoms with Crippen molar-refractivity contribution in [2.24, 2.45) is 11.3 Å². The van der Waals surface area contributed by atoms with E-state index in [4.69, 9.17) is 0 Å². The van der Waals surface area contributed by atoms with E-state index >= 15 is 0 Å². The van der Waals surface area contributed by atoms with Crippen molar-refractivity contribution in [3.63, 3.8) is 0 Å². The maximum atomic E-state index is 12.0. The minimum absolute atomic E-state index is 0.00692. The minimum Gasteiger partial charge on any atom is -0.349 e. The SMILES string of the molecule is CC(=O)N1CC2(CNCC2C(=O)N(C)C)C1. The highest BCUT2D eigenvalue weighted by atomic mass is 16.2. The quantitative estimate of drug-likeness (QED) is 0.632. The van der Waals surface area contributed by atoms with E-state index in [1.807, 2.05) is 4.90 Å². The zero-order chi connectivity index (χ0) is 11.9. The first kappa shape index (κ1) is 11.4. The molecule has 0 bridgehead atoms. The molecule has 2 saturated heterocycles. The monoisotopic (exact) mass is 225 g/mol. The minimum atomic E-state index is -0.00692. The van der Waals surface area contributed by atoms with Gasteiger partial charge in [-0.1, -0.05) is 0 Å². The van der Waals surface area contributed by atoms with Crippen LogP contribution in [0.5, 0.6) is 0 Å². The fourth-order valence-corrected chi connectivity index (χ4v) is 2.73. The topological polar surface area (TPSA) is 52.7 Å². The zero-order valence-corrected chi connectivity index (χ0v) is 10.1. The van der Waals surface area contributed by atoms with Gasteiger partial charge in [-0.25, -0.2) is 0 Å². The molecule has 1 unspecified atom stereocenters.